The van der Waals surface area contributed by atoms with Crippen molar-refractivity contribution in [3.05, 3.63) is 40.2 Å². The van der Waals surface area contributed by atoms with Crippen molar-refractivity contribution < 1.29 is 9.47 Å². The number of imidazole rings is 1. The van der Waals surface area contributed by atoms with Gasteiger partial charge in [-0.15, -0.1) is 0 Å². The van der Waals surface area contributed by atoms with Gasteiger partial charge in [0, 0.05) is 35.2 Å². The van der Waals surface area contributed by atoms with Crippen LogP contribution in [0.15, 0.2) is 36.7 Å². The summed E-state index contributed by atoms with van der Waals surface area (Å²) in [6.45, 7) is 2.72. The van der Waals surface area contributed by atoms with E-state index in [1.807, 2.05) is 12.4 Å². The Morgan fingerprint density at radius 1 is 1.16 bits per heavy atom. The molecular formula is C14H17IN2O2. The monoisotopic (exact) mass is 372 g/mol. The molecule has 0 bridgehead atoms. The predicted octanol–water partition coefficient (Wildman–Crippen LogP) is 2.82. The number of nitrogens with zero attached hydrogens (tertiary/aromatic N) is 2. The summed E-state index contributed by atoms with van der Waals surface area (Å²) in [6.07, 6.45) is 3.80. The van der Waals surface area contributed by atoms with Crippen LogP contribution >= 0.6 is 22.6 Å². The summed E-state index contributed by atoms with van der Waals surface area (Å²) < 4.78 is 13.8. The molecule has 0 N–H and O–H groups in total. The number of hydrogen-bond donors (Lipinski definition) is 0. The third-order valence-electron chi connectivity index (χ3n) is 2.73. The van der Waals surface area contributed by atoms with Crippen LogP contribution in [0.4, 0.5) is 0 Å². The molecular weight excluding hydrogens is 355 g/mol. The molecule has 0 fully saturated rings. The molecule has 0 aliphatic carbocycles. The molecule has 0 aliphatic heterocycles. The lowest BCUT2D eigenvalue weighted by Crippen LogP contribution is -2.09. The molecule has 0 unspecified atom stereocenters. The quantitative estimate of drug-likeness (QED) is 0.554. The van der Waals surface area contributed by atoms with Gasteiger partial charge in [-0.3, -0.25) is 0 Å². The Kier molecular flexibility index (Phi) is 5.81. The number of benzene rings is 1. The molecule has 0 saturated carbocycles. The molecule has 102 valence electrons. The van der Waals surface area contributed by atoms with Gasteiger partial charge in [0.05, 0.1) is 19.8 Å². The standard InChI is InChI=1S/C14H17IN2O2/c1-18-10-11-19-9-8-17-7-6-16-14(17)12-2-4-13(15)5-3-12/h2-7H,8-11H2,1H3. The second-order valence-corrected chi connectivity index (χ2v) is 5.30. The average Bonchev–Trinajstić information content (AvgIpc) is 2.88. The summed E-state index contributed by atoms with van der Waals surface area (Å²) >= 11 is 2.30. The molecule has 0 atom stereocenters. The molecule has 0 radical (unpaired) electrons. The van der Waals surface area contributed by atoms with Crippen LogP contribution in [-0.2, 0) is 16.0 Å². The highest BCUT2D eigenvalue weighted by Crippen LogP contribution is 2.18. The summed E-state index contributed by atoms with van der Waals surface area (Å²) in [5, 5.41) is 0. The maximum Gasteiger partial charge on any atom is 0.139 e. The minimum Gasteiger partial charge on any atom is -0.382 e. The van der Waals surface area contributed by atoms with Crippen LogP contribution in [0.3, 0.4) is 0 Å². The molecule has 0 spiro atoms. The van der Waals surface area contributed by atoms with Crippen molar-refractivity contribution in [3.63, 3.8) is 0 Å². The molecule has 0 amide bonds. The van der Waals surface area contributed by atoms with E-state index in [0.29, 0.717) is 19.8 Å². The van der Waals surface area contributed by atoms with Crippen LogP contribution in [0, 0.1) is 3.57 Å². The van der Waals surface area contributed by atoms with Crippen molar-refractivity contribution in [2.45, 2.75) is 6.54 Å². The first-order chi connectivity index (χ1) is 9.31. The number of hydrogen-bond acceptors (Lipinski definition) is 3. The molecule has 2 rings (SSSR count). The highest BCUT2D eigenvalue weighted by Gasteiger charge is 2.05. The fourth-order valence-corrected chi connectivity index (χ4v) is 2.12. The minimum absolute atomic E-state index is 0.629. The van der Waals surface area contributed by atoms with Crippen molar-refractivity contribution in [2.75, 3.05) is 26.9 Å². The van der Waals surface area contributed by atoms with Crippen LogP contribution in [-0.4, -0.2) is 36.5 Å². The number of aromatic nitrogens is 2. The molecule has 5 heteroatoms. The lowest BCUT2D eigenvalue weighted by Gasteiger charge is -2.08. The Hall–Kier alpha value is -0.920. The van der Waals surface area contributed by atoms with Crippen LogP contribution in [0.2, 0.25) is 0 Å². The van der Waals surface area contributed by atoms with Crippen LogP contribution in [0.1, 0.15) is 0 Å². The molecule has 2 aromatic rings. The van der Waals surface area contributed by atoms with Gasteiger partial charge in [0.15, 0.2) is 0 Å². The Labute approximate surface area is 126 Å². The highest BCUT2D eigenvalue weighted by molar-refractivity contribution is 14.1. The zero-order valence-corrected chi connectivity index (χ0v) is 13.0. The highest BCUT2D eigenvalue weighted by atomic mass is 127. The summed E-state index contributed by atoms with van der Waals surface area (Å²) in [4.78, 5) is 4.41. The Morgan fingerprint density at radius 2 is 1.95 bits per heavy atom. The number of methoxy groups -OCH3 is 1. The van der Waals surface area contributed by atoms with Crippen LogP contribution in [0.25, 0.3) is 11.4 Å². The summed E-state index contributed by atoms with van der Waals surface area (Å²) in [7, 11) is 1.67. The van der Waals surface area contributed by atoms with Gasteiger partial charge in [0.2, 0.25) is 0 Å². The topological polar surface area (TPSA) is 36.3 Å². The van der Waals surface area contributed by atoms with Gasteiger partial charge in [-0.2, -0.15) is 0 Å². The van der Waals surface area contributed by atoms with E-state index >= 15 is 0 Å². The van der Waals surface area contributed by atoms with E-state index in [2.05, 4.69) is 56.4 Å². The summed E-state index contributed by atoms with van der Waals surface area (Å²) in [6, 6.07) is 8.35. The predicted molar refractivity (Wildman–Crippen MR) is 83.1 cm³/mol. The molecule has 0 saturated heterocycles. The Balaban J connectivity index is 1.96. The minimum atomic E-state index is 0.629. The van der Waals surface area contributed by atoms with Gasteiger partial charge in [-0.1, -0.05) is 12.1 Å². The van der Waals surface area contributed by atoms with Gasteiger partial charge in [0.25, 0.3) is 0 Å². The third-order valence-corrected chi connectivity index (χ3v) is 3.45. The summed E-state index contributed by atoms with van der Waals surface area (Å²) in [5.41, 5.74) is 1.13. The lowest BCUT2D eigenvalue weighted by molar-refractivity contribution is 0.0667. The fourth-order valence-electron chi connectivity index (χ4n) is 1.76. The van der Waals surface area contributed by atoms with E-state index in [9.17, 15) is 0 Å². The molecule has 4 nitrogen and oxygen atoms in total. The van der Waals surface area contributed by atoms with Gasteiger partial charge < -0.3 is 14.0 Å². The molecule has 19 heavy (non-hydrogen) atoms. The van der Waals surface area contributed by atoms with E-state index in [-0.39, 0.29) is 0 Å². The second-order valence-electron chi connectivity index (χ2n) is 4.06. The zero-order valence-electron chi connectivity index (χ0n) is 10.9. The van der Waals surface area contributed by atoms with E-state index < -0.39 is 0 Å². The van der Waals surface area contributed by atoms with E-state index in [0.717, 1.165) is 17.9 Å². The number of halogens is 1. The maximum absolute atomic E-state index is 5.48. The van der Waals surface area contributed by atoms with Crippen molar-refractivity contribution in [3.8, 4) is 11.4 Å². The lowest BCUT2D eigenvalue weighted by atomic mass is 10.2. The number of rotatable bonds is 7. The van der Waals surface area contributed by atoms with E-state index in [4.69, 9.17) is 9.47 Å². The Morgan fingerprint density at radius 3 is 2.68 bits per heavy atom. The van der Waals surface area contributed by atoms with Crippen LogP contribution in [0.5, 0.6) is 0 Å². The van der Waals surface area contributed by atoms with Crippen molar-refractivity contribution in [1.29, 1.82) is 0 Å². The average molecular weight is 372 g/mol. The Bertz CT molecular complexity index is 496. The normalized spacial score (nSPS) is 10.8. The third kappa shape index (κ3) is 4.29. The van der Waals surface area contributed by atoms with Crippen LogP contribution < -0.4 is 0 Å². The van der Waals surface area contributed by atoms with Crippen molar-refractivity contribution >= 4 is 22.6 Å². The van der Waals surface area contributed by atoms with Crippen molar-refractivity contribution in [2.24, 2.45) is 0 Å². The summed E-state index contributed by atoms with van der Waals surface area (Å²) in [5.74, 6) is 0.978. The van der Waals surface area contributed by atoms with E-state index in [1.165, 1.54) is 3.57 Å². The zero-order chi connectivity index (χ0) is 13.5. The fraction of sp³-hybridized carbons (Fsp3) is 0.357. The van der Waals surface area contributed by atoms with Gasteiger partial charge >= 0.3 is 0 Å². The maximum atomic E-state index is 5.48. The molecule has 1 aromatic carbocycles. The van der Waals surface area contributed by atoms with Crippen molar-refractivity contribution in [1.82, 2.24) is 9.55 Å². The molecule has 1 aromatic heterocycles. The van der Waals surface area contributed by atoms with E-state index in [1.54, 1.807) is 7.11 Å². The second kappa shape index (κ2) is 7.62. The van der Waals surface area contributed by atoms with Gasteiger partial charge in [-0.25, -0.2) is 4.98 Å². The first kappa shape index (κ1) is 14.5. The van der Waals surface area contributed by atoms with Gasteiger partial charge in [-0.05, 0) is 34.7 Å². The SMILES string of the molecule is COCCOCCn1ccnc1-c1ccc(I)cc1. The largest absolute Gasteiger partial charge is 0.382 e. The number of ether oxygens (including phenoxy) is 2. The molecule has 0 aliphatic rings. The first-order valence-electron chi connectivity index (χ1n) is 6.15. The first-order valence-corrected chi connectivity index (χ1v) is 7.23. The molecule has 1 heterocycles. The van der Waals surface area contributed by atoms with Gasteiger partial charge in [0.1, 0.15) is 5.82 Å². The smallest absolute Gasteiger partial charge is 0.139 e.